The molecule has 1 heterocycles. The van der Waals surface area contributed by atoms with E-state index in [-0.39, 0.29) is 47.6 Å². The minimum Gasteiger partial charge on any atom is -0.490 e. The normalized spacial score (nSPS) is 13.8. The third-order valence-corrected chi connectivity index (χ3v) is 7.16. The van der Waals surface area contributed by atoms with Gasteiger partial charge in [0.25, 0.3) is 11.2 Å². The second-order valence-electron chi connectivity index (χ2n) is 9.95. The van der Waals surface area contributed by atoms with Gasteiger partial charge < -0.3 is 9.47 Å². The van der Waals surface area contributed by atoms with Crippen molar-refractivity contribution in [3.63, 3.8) is 0 Å². The highest BCUT2D eigenvalue weighted by Gasteiger charge is 2.24. The summed E-state index contributed by atoms with van der Waals surface area (Å²) in [7, 11) is 0. The number of nitro groups is 2. The van der Waals surface area contributed by atoms with Crippen molar-refractivity contribution in [1.29, 1.82) is 0 Å². The summed E-state index contributed by atoms with van der Waals surface area (Å²) in [5, 5.41) is 27.9. The lowest BCUT2D eigenvalue weighted by Crippen LogP contribution is -2.25. The third-order valence-electron chi connectivity index (χ3n) is 7.16. The molecule has 216 valence electrons. The molecule has 0 saturated heterocycles. The van der Waals surface area contributed by atoms with Crippen LogP contribution in [0.5, 0.6) is 11.5 Å². The van der Waals surface area contributed by atoms with Crippen molar-refractivity contribution in [2.24, 2.45) is 5.10 Å². The summed E-state index contributed by atoms with van der Waals surface area (Å²) in [5.74, 6) is 0.713. The number of rotatable bonds is 10. The zero-order chi connectivity index (χ0) is 29.6. The number of aromatic nitrogens is 2. The molecule has 12 heteroatoms. The predicted octanol–water partition coefficient (Wildman–Crippen LogP) is 6.12. The van der Waals surface area contributed by atoms with Gasteiger partial charge in [-0.2, -0.15) is 9.78 Å². The average Bonchev–Trinajstić information content (AvgIpc) is 3.00. The Morgan fingerprint density at radius 3 is 2.43 bits per heavy atom. The Balaban J connectivity index is 1.52. The molecule has 0 atom stereocenters. The Bertz CT molecular complexity index is 1710. The largest absolute Gasteiger partial charge is 0.490 e. The summed E-state index contributed by atoms with van der Waals surface area (Å²) < 4.78 is 12.8. The highest BCUT2D eigenvalue weighted by atomic mass is 16.6. The highest BCUT2D eigenvalue weighted by molar-refractivity contribution is 5.83. The number of nitro benzene ring substituents is 2. The molecule has 5 rings (SSSR count). The molecule has 0 aliphatic heterocycles. The van der Waals surface area contributed by atoms with Crippen molar-refractivity contribution >= 4 is 28.5 Å². The van der Waals surface area contributed by atoms with Crippen LogP contribution in [0.25, 0.3) is 10.9 Å². The predicted molar refractivity (Wildman–Crippen MR) is 157 cm³/mol. The second-order valence-corrected chi connectivity index (χ2v) is 9.95. The summed E-state index contributed by atoms with van der Waals surface area (Å²) in [6.07, 6.45) is 6.42. The maximum Gasteiger partial charge on any atom is 0.315 e. The van der Waals surface area contributed by atoms with Crippen molar-refractivity contribution in [3.05, 3.63) is 108 Å². The van der Waals surface area contributed by atoms with E-state index in [9.17, 15) is 25.0 Å². The molecule has 4 aromatic rings. The molecule has 3 aromatic carbocycles. The van der Waals surface area contributed by atoms with Crippen LogP contribution in [-0.2, 0) is 6.61 Å². The standard InChI is InChI=1S/C30H29N5O7/c1-2-41-27-17-21(16-26(35(39)40)28(27)42-19-20-12-14-23(15-13-20)34(37)38)18-31-33-29(22-8-4-3-5-9-22)32-25-11-7-6-10-24(25)30(33)36/h6-7,10-18,22H,2-5,8-9,19H2,1H3. The zero-order valence-corrected chi connectivity index (χ0v) is 23.0. The molecular formula is C30H29N5O7. The Hall–Kier alpha value is -5.13. The van der Waals surface area contributed by atoms with E-state index in [1.54, 1.807) is 25.1 Å². The molecule has 0 spiro atoms. The zero-order valence-electron chi connectivity index (χ0n) is 23.0. The Labute approximate surface area is 240 Å². The number of para-hydroxylation sites is 1. The van der Waals surface area contributed by atoms with Crippen LogP contribution in [0.15, 0.2) is 70.6 Å². The number of benzene rings is 3. The third kappa shape index (κ3) is 6.12. The number of hydrogen-bond donors (Lipinski definition) is 0. The fraction of sp³-hybridized carbons (Fsp3) is 0.300. The first-order chi connectivity index (χ1) is 20.4. The first-order valence-corrected chi connectivity index (χ1v) is 13.7. The van der Waals surface area contributed by atoms with Gasteiger partial charge in [-0.15, -0.1) is 0 Å². The molecule has 0 unspecified atom stereocenters. The van der Waals surface area contributed by atoms with Gasteiger partial charge in [0.05, 0.1) is 33.6 Å². The molecule has 42 heavy (non-hydrogen) atoms. The van der Waals surface area contributed by atoms with Crippen molar-refractivity contribution in [3.8, 4) is 11.5 Å². The molecule has 1 aliphatic carbocycles. The van der Waals surface area contributed by atoms with Gasteiger partial charge in [0.2, 0.25) is 5.75 Å². The van der Waals surface area contributed by atoms with Crippen LogP contribution in [0.2, 0.25) is 0 Å². The summed E-state index contributed by atoms with van der Waals surface area (Å²) in [5.41, 5.74) is 0.804. The van der Waals surface area contributed by atoms with Crippen molar-refractivity contribution in [2.75, 3.05) is 6.61 Å². The molecule has 0 radical (unpaired) electrons. The number of fused-ring (bicyclic) bond motifs is 1. The van der Waals surface area contributed by atoms with E-state index in [1.165, 1.54) is 41.2 Å². The number of nitrogens with zero attached hydrogens (tertiary/aromatic N) is 5. The topological polar surface area (TPSA) is 152 Å². The minimum atomic E-state index is -0.581. The van der Waals surface area contributed by atoms with E-state index < -0.39 is 9.85 Å². The molecule has 1 saturated carbocycles. The molecule has 0 bridgehead atoms. The van der Waals surface area contributed by atoms with Gasteiger partial charge in [-0.3, -0.25) is 25.0 Å². The monoisotopic (exact) mass is 571 g/mol. The van der Waals surface area contributed by atoms with Crippen molar-refractivity contribution in [1.82, 2.24) is 9.66 Å². The van der Waals surface area contributed by atoms with E-state index in [1.807, 2.05) is 12.1 Å². The maximum absolute atomic E-state index is 13.5. The lowest BCUT2D eigenvalue weighted by Gasteiger charge is -2.22. The van der Waals surface area contributed by atoms with Gasteiger partial charge in [-0.05, 0) is 55.7 Å². The van der Waals surface area contributed by atoms with Gasteiger partial charge in [0.1, 0.15) is 12.4 Å². The van der Waals surface area contributed by atoms with E-state index in [2.05, 4.69) is 5.10 Å². The summed E-state index contributed by atoms with van der Waals surface area (Å²) >= 11 is 0. The van der Waals surface area contributed by atoms with Crippen molar-refractivity contribution < 1.29 is 19.3 Å². The fourth-order valence-corrected chi connectivity index (χ4v) is 5.10. The van der Waals surface area contributed by atoms with E-state index in [0.717, 1.165) is 32.1 Å². The van der Waals surface area contributed by atoms with Gasteiger partial charge >= 0.3 is 5.69 Å². The van der Waals surface area contributed by atoms with Crippen LogP contribution in [0, 0.1) is 20.2 Å². The molecule has 1 aromatic heterocycles. The fourth-order valence-electron chi connectivity index (χ4n) is 5.10. The Morgan fingerprint density at radius 1 is 1.00 bits per heavy atom. The Morgan fingerprint density at radius 2 is 1.74 bits per heavy atom. The van der Waals surface area contributed by atoms with Crippen LogP contribution in [0.3, 0.4) is 0 Å². The summed E-state index contributed by atoms with van der Waals surface area (Å²) in [6.45, 7) is 1.88. The lowest BCUT2D eigenvalue weighted by molar-refractivity contribution is -0.386. The average molecular weight is 572 g/mol. The second kappa shape index (κ2) is 12.6. The highest BCUT2D eigenvalue weighted by Crippen LogP contribution is 2.39. The first-order valence-electron chi connectivity index (χ1n) is 13.7. The quantitative estimate of drug-likeness (QED) is 0.125. The molecular weight excluding hydrogens is 542 g/mol. The molecule has 1 fully saturated rings. The van der Waals surface area contributed by atoms with Gasteiger partial charge in [-0.1, -0.05) is 31.4 Å². The molecule has 12 nitrogen and oxygen atoms in total. The van der Waals surface area contributed by atoms with Crippen LogP contribution < -0.4 is 15.0 Å². The lowest BCUT2D eigenvalue weighted by atomic mass is 9.88. The number of ether oxygens (including phenoxy) is 2. The minimum absolute atomic E-state index is 0.0734. The first kappa shape index (κ1) is 28.4. The SMILES string of the molecule is CCOc1cc(C=Nn2c(C3CCCCC3)nc3ccccc3c2=O)cc([N+](=O)[O-])c1OCc1ccc([N+](=O)[O-])cc1. The smallest absolute Gasteiger partial charge is 0.315 e. The molecule has 0 N–H and O–H groups in total. The molecule has 0 amide bonds. The summed E-state index contributed by atoms with van der Waals surface area (Å²) in [4.78, 5) is 40.2. The van der Waals surface area contributed by atoms with Gasteiger partial charge in [0.15, 0.2) is 5.75 Å². The van der Waals surface area contributed by atoms with E-state index in [0.29, 0.717) is 27.9 Å². The van der Waals surface area contributed by atoms with Crippen LogP contribution in [0.1, 0.15) is 61.9 Å². The Kier molecular flexibility index (Phi) is 8.51. The van der Waals surface area contributed by atoms with Crippen LogP contribution in [0.4, 0.5) is 11.4 Å². The molecule has 1 aliphatic rings. The van der Waals surface area contributed by atoms with Gasteiger partial charge in [-0.25, -0.2) is 4.98 Å². The number of hydrogen-bond acceptors (Lipinski definition) is 9. The van der Waals surface area contributed by atoms with E-state index in [4.69, 9.17) is 14.5 Å². The van der Waals surface area contributed by atoms with Crippen LogP contribution >= 0.6 is 0 Å². The van der Waals surface area contributed by atoms with Crippen LogP contribution in [-0.4, -0.2) is 32.3 Å². The van der Waals surface area contributed by atoms with E-state index >= 15 is 0 Å². The van der Waals surface area contributed by atoms with Crippen molar-refractivity contribution in [2.45, 2.75) is 51.6 Å². The maximum atomic E-state index is 13.5. The number of non-ortho nitro benzene ring substituents is 1. The summed E-state index contributed by atoms with van der Waals surface area (Å²) in [6, 6.07) is 15.7. The van der Waals surface area contributed by atoms with Gasteiger partial charge in [0, 0.05) is 29.7 Å².